The summed E-state index contributed by atoms with van der Waals surface area (Å²) < 4.78 is 18.4. The number of pyridine rings is 1. The Morgan fingerprint density at radius 3 is 2.30 bits per heavy atom. The lowest BCUT2D eigenvalue weighted by Crippen LogP contribution is -2.30. The molecule has 4 aromatic rings. The fraction of sp³-hybridized carbons (Fsp3) is 0.351. The molecule has 0 aliphatic heterocycles. The van der Waals surface area contributed by atoms with Crippen LogP contribution >= 0.6 is 23.2 Å². The molecule has 1 heterocycles. The molecule has 266 valence electrons. The molecular weight excluding hydrogens is 683 g/mol. The van der Waals surface area contributed by atoms with Gasteiger partial charge in [0, 0.05) is 54.8 Å². The van der Waals surface area contributed by atoms with Gasteiger partial charge in [0.15, 0.2) is 0 Å². The van der Waals surface area contributed by atoms with Crippen molar-refractivity contribution in [2.75, 3.05) is 39.5 Å². The zero-order valence-electron chi connectivity index (χ0n) is 27.7. The average Bonchev–Trinajstić information content (AvgIpc) is 3.13. The molecule has 0 fully saturated rings. The van der Waals surface area contributed by atoms with E-state index in [1.54, 1.807) is 24.4 Å². The van der Waals surface area contributed by atoms with Gasteiger partial charge in [-0.1, -0.05) is 53.5 Å². The molecule has 6 N–H and O–H groups in total. The third kappa shape index (κ3) is 11.3. The molecule has 0 radical (unpaired) electrons. The normalized spacial score (nSPS) is 12.3. The average molecular weight is 726 g/mol. The van der Waals surface area contributed by atoms with Crippen LogP contribution in [0.3, 0.4) is 0 Å². The third-order valence-corrected chi connectivity index (χ3v) is 8.45. The first kappa shape index (κ1) is 38.8. The predicted molar refractivity (Wildman–Crippen MR) is 192 cm³/mol. The van der Waals surface area contributed by atoms with Crippen LogP contribution in [0.5, 0.6) is 17.2 Å². The Kier molecular flexibility index (Phi) is 15.6. The van der Waals surface area contributed by atoms with E-state index in [-0.39, 0.29) is 33.0 Å². The van der Waals surface area contributed by atoms with Crippen LogP contribution in [-0.2, 0) is 19.8 Å². The summed E-state index contributed by atoms with van der Waals surface area (Å²) >= 11 is 13.5. The van der Waals surface area contributed by atoms with E-state index in [0.717, 1.165) is 22.3 Å². The van der Waals surface area contributed by atoms with Crippen LogP contribution in [0.4, 0.5) is 0 Å². The Bertz CT molecular complexity index is 1740. The van der Waals surface area contributed by atoms with Crippen molar-refractivity contribution < 1.29 is 34.6 Å². The molecule has 3 aromatic carbocycles. The van der Waals surface area contributed by atoms with E-state index >= 15 is 0 Å². The van der Waals surface area contributed by atoms with Gasteiger partial charge in [0.25, 0.3) is 0 Å². The Labute approximate surface area is 302 Å². The van der Waals surface area contributed by atoms with Crippen molar-refractivity contribution in [1.29, 1.82) is 5.26 Å². The van der Waals surface area contributed by atoms with E-state index in [4.69, 9.17) is 47.6 Å². The summed E-state index contributed by atoms with van der Waals surface area (Å²) in [5.41, 5.74) is 5.48. The quantitative estimate of drug-likeness (QED) is 0.0708. The molecule has 50 heavy (non-hydrogen) atoms. The second-order valence-corrected chi connectivity index (χ2v) is 12.4. The van der Waals surface area contributed by atoms with E-state index in [1.807, 2.05) is 43.3 Å². The van der Waals surface area contributed by atoms with E-state index in [9.17, 15) is 15.5 Å². The first-order valence-corrected chi connectivity index (χ1v) is 16.9. The highest BCUT2D eigenvalue weighted by Gasteiger charge is 2.16. The number of hydrogen-bond acceptors (Lipinski definition) is 11. The van der Waals surface area contributed by atoms with Crippen LogP contribution < -0.4 is 24.8 Å². The molecule has 2 unspecified atom stereocenters. The molecule has 0 saturated heterocycles. The highest BCUT2D eigenvalue weighted by Crippen LogP contribution is 2.38. The molecule has 0 aliphatic carbocycles. The van der Waals surface area contributed by atoms with Crippen LogP contribution in [0.1, 0.15) is 34.2 Å². The Balaban J connectivity index is 1.48. The summed E-state index contributed by atoms with van der Waals surface area (Å²) in [5.74, 6) is 1.46. The predicted octanol–water partition coefficient (Wildman–Crippen LogP) is 4.55. The van der Waals surface area contributed by atoms with E-state index < -0.39 is 12.2 Å². The molecule has 11 nitrogen and oxygen atoms in total. The van der Waals surface area contributed by atoms with Gasteiger partial charge in [-0.3, -0.25) is 4.98 Å². The molecule has 0 aliphatic rings. The Morgan fingerprint density at radius 1 is 0.820 bits per heavy atom. The lowest BCUT2D eigenvalue weighted by Gasteiger charge is -2.18. The van der Waals surface area contributed by atoms with Gasteiger partial charge in [0.2, 0.25) is 0 Å². The number of aromatic nitrogens is 1. The number of hydrogen-bond donors (Lipinski definition) is 6. The number of aliphatic hydroxyl groups is 4. The maximum Gasteiger partial charge on any atom is 0.142 e. The number of benzene rings is 3. The fourth-order valence-corrected chi connectivity index (χ4v) is 5.54. The molecular formula is C37H42Cl2N4O7. The minimum Gasteiger partial charge on any atom is -0.492 e. The van der Waals surface area contributed by atoms with Gasteiger partial charge < -0.3 is 45.3 Å². The van der Waals surface area contributed by atoms with Gasteiger partial charge in [-0.2, -0.15) is 5.26 Å². The summed E-state index contributed by atoms with van der Waals surface area (Å²) in [4.78, 5) is 4.10. The van der Waals surface area contributed by atoms with Crippen LogP contribution in [-0.4, -0.2) is 77.1 Å². The standard InChI is InChI=1S/C37H42Cl2N4O7/c1-24-27(5-2-6-31(24)32-7-3-8-34(37(32)39)48-10-4-9-41-18-29(46)20-44)23-50-36-13-35(49-22-26-11-25(14-40)15-42-16-26)28(12-33(36)38)17-43-19-30(47)21-45/h2-3,5-8,11-13,15-16,29-30,41,43-47H,4,9-10,17-23H2,1H3. The van der Waals surface area contributed by atoms with Gasteiger partial charge in [0.1, 0.15) is 36.5 Å². The van der Waals surface area contributed by atoms with Crippen LogP contribution in [0.2, 0.25) is 10.0 Å². The number of ether oxygens (including phenoxy) is 3. The maximum atomic E-state index is 9.76. The van der Waals surface area contributed by atoms with Crippen molar-refractivity contribution in [2.24, 2.45) is 0 Å². The number of aliphatic hydroxyl groups excluding tert-OH is 4. The van der Waals surface area contributed by atoms with Gasteiger partial charge >= 0.3 is 0 Å². The number of nitrogens with zero attached hydrogens (tertiary/aromatic N) is 2. The maximum absolute atomic E-state index is 9.76. The van der Waals surface area contributed by atoms with E-state index in [0.29, 0.717) is 76.6 Å². The zero-order chi connectivity index (χ0) is 35.9. The minimum absolute atomic E-state index is 0.145. The molecule has 0 amide bonds. The summed E-state index contributed by atoms with van der Waals surface area (Å²) in [6.07, 6.45) is 2.10. The molecule has 1 aromatic heterocycles. The molecule has 0 spiro atoms. The molecule has 4 rings (SSSR count). The SMILES string of the molecule is Cc1c(COc2cc(OCc3cncc(C#N)c3)c(CNCC(O)CO)cc2Cl)cccc1-c1cccc(OCCCNCC(O)CO)c1Cl. The van der Waals surface area contributed by atoms with E-state index in [1.165, 1.54) is 6.20 Å². The summed E-state index contributed by atoms with van der Waals surface area (Å²) in [5, 5.41) is 53.6. The summed E-state index contributed by atoms with van der Waals surface area (Å²) in [6.45, 7) is 3.53. The van der Waals surface area contributed by atoms with Gasteiger partial charge in [-0.15, -0.1) is 0 Å². The van der Waals surface area contributed by atoms with Crippen LogP contribution in [0.15, 0.2) is 67.0 Å². The number of nitriles is 1. The summed E-state index contributed by atoms with van der Waals surface area (Å²) in [6, 6.07) is 18.8. The smallest absolute Gasteiger partial charge is 0.142 e. The van der Waals surface area contributed by atoms with Gasteiger partial charge in [0.05, 0.1) is 47.6 Å². The molecule has 2 atom stereocenters. The molecule has 0 saturated carbocycles. The van der Waals surface area contributed by atoms with Gasteiger partial charge in [-0.25, -0.2) is 0 Å². The van der Waals surface area contributed by atoms with E-state index in [2.05, 4.69) is 21.7 Å². The largest absolute Gasteiger partial charge is 0.492 e. The fourth-order valence-electron chi connectivity index (χ4n) is 5.02. The summed E-state index contributed by atoms with van der Waals surface area (Å²) in [7, 11) is 0. The lowest BCUT2D eigenvalue weighted by atomic mass is 9.96. The Hall–Kier alpha value is -3.96. The number of nitrogens with one attached hydrogen (secondary N) is 2. The lowest BCUT2D eigenvalue weighted by molar-refractivity contribution is 0.0941. The second-order valence-electron chi connectivity index (χ2n) is 11.6. The first-order chi connectivity index (χ1) is 24.2. The highest BCUT2D eigenvalue weighted by atomic mass is 35.5. The molecule has 13 heteroatoms. The molecule has 0 bridgehead atoms. The third-order valence-electron chi connectivity index (χ3n) is 7.77. The second kappa shape index (κ2) is 20.0. The van der Waals surface area contributed by atoms with Crippen LogP contribution in [0.25, 0.3) is 11.1 Å². The van der Waals surface area contributed by atoms with Crippen molar-refractivity contribution in [1.82, 2.24) is 15.6 Å². The minimum atomic E-state index is -0.909. The topological polar surface area (TPSA) is 169 Å². The van der Waals surface area contributed by atoms with Gasteiger partial charge in [-0.05, 0) is 54.8 Å². The number of halogens is 2. The van der Waals surface area contributed by atoms with Crippen molar-refractivity contribution in [3.63, 3.8) is 0 Å². The zero-order valence-corrected chi connectivity index (χ0v) is 29.3. The first-order valence-electron chi connectivity index (χ1n) is 16.2. The van der Waals surface area contributed by atoms with Crippen molar-refractivity contribution in [3.05, 3.63) is 105 Å². The van der Waals surface area contributed by atoms with Crippen LogP contribution in [0, 0.1) is 18.3 Å². The van der Waals surface area contributed by atoms with Crippen molar-refractivity contribution in [3.8, 4) is 34.4 Å². The van der Waals surface area contributed by atoms with Crippen molar-refractivity contribution in [2.45, 2.75) is 45.3 Å². The highest BCUT2D eigenvalue weighted by molar-refractivity contribution is 6.35. The monoisotopic (exact) mass is 724 g/mol. The number of rotatable bonds is 20. The Morgan fingerprint density at radius 2 is 1.54 bits per heavy atom. The van der Waals surface area contributed by atoms with Crippen molar-refractivity contribution >= 4 is 23.2 Å².